The van der Waals surface area contributed by atoms with Crippen molar-refractivity contribution in [1.29, 1.82) is 0 Å². The van der Waals surface area contributed by atoms with Crippen LogP contribution in [0.15, 0.2) is 82.6 Å². The van der Waals surface area contributed by atoms with Crippen LogP contribution in [-0.4, -0.2) is 12.3 Å². The monoisotopic (exact) mass is 333 g/mol. The van der Waals surface area contributed by atoms with E-state index in [1.807, 2.05) is 72.8 Å². The van der Waals surface area contributed by atoms with Crippen LogP contribution in [0.4, 0.5) is 5.69 Å². The number of para-hydroxylation sites is 1. The van der Waals surface area contributed by atoms with E-state index in [1.54, 1.807) is 11.8 Å². The molecule has 0 radical (unpaired) electrons. The number of carbonyl (C=O) groups excluding carboxylic acids is 1. The van der Waals surface area contributed by atoms with Crippen molar-refractivity contribution in [2.45, 2.75) is 9.79 Å². The average molecular weight is 333 g/mol. The van der Waals surface area contributed by atoms with E-state index < -0.39 is 0 Å². The first-order chi connectivity index (χ1) is 11.8. The molecule has 3 nitrogen and oxygen atoms in total. The normalized spacial score (nSPS) is 11.8. The van der Waals surface area contributed by atoms with Gasteiger partial charge in [-0.15, -0.1) is 0 Å². The molecule has 0 aromatic heterocycles. The van der Waals surface area contributed by atoms with Gasteiger partial charge in [0, 0.05) is 11.3 Å². The van der Waals surface area contributed by atoms with E-state index in [4.69, 9.17) is 4.74 Å². The molecule has 4 heteroatoms. The van der Waals surface area contributed by atoms with Gasteiger partial charge in [0.05, 0.1) is 16.3 Å². The summed E-state index contributed by atoms with van der Waals surface area (Å²) in [5.74, 6) is 1.80. The molecule has 24 heavy (non-hydrogen) atoms. The summed E-state index contributed by atoms with van der Waals surface area (Å²) < 4.78 is 5.91. The van der Waals surface area contributed by atoms with Crippen LogP contribution < -0.4 is 10.1 Å². The van der Waals surface area contributed by atoms with E-state index in [1.165, 1.54) is 0 Å². The summed E-state index contributed by atoms with van der Waals surface area (Å²) in [6.07, 6.45) is 0. The third-order valence-electron chi connectivity index (χ3n) is 3.78. The molecule has 3 aromatic carbocycles. The minimum Gasteiger partial charge on any atom is -0.455 e. The molecule has 1 aliphatic rings. The predicted octanol–water partition coefficient (Wildman–Crippen LogP) is 5.24. The zero-order chi connectivity index (χ0) is 16.4. The van der Waals surface area contributed by atoms with Gasteiger partial charge >= 0.3 is 0 Å². The van der Waals surface area contributed by atoms with Crippen LogP contribution in [0.5, 0.6) is 11.5 Å². The maximum absolute atomic E-state index is 12.2. The maximum Gasteiger partial charge on any atom is 0.181 e. The number of benzene rings is 3. The lowest BCUT2D eigenvalue weighted by atomic mass is 10.1. The first-order valence-electron chi connectivity index (χ1n) is 7.70. The first-order valence-corrected chi connectivity index (χ1v) is 8.52. The Kier molecular flexibility index (Phi) is 3.97. The molecule has 1 aliphatic heterocycles. The molecule has 0 saturated heterocycles. The number of fused-ring (bicyclic) bond motifs is 2. The fourth-order valence-electron chi connectivity index (χ4n) is 2.55. The predicted molar refractivity (Wildman–Crippen MR) is 96.3 cm³/mol. The second kappa shape index (κ2) is 6.42. The zero-order valence-corrected chi connectivity index (χ0v) is 13.7. The van der Waals surface area contributed by atoms with Crippen molar-refractivity contribution in [2.24, 2.45) is 0 Å². The summed E-state index contributed by atoms with van der Waals surface area (Å²) in [5.41, 5.74) is 1.63. The third-order valence-corrected chi connectivity index (χ3v) is 4.88. The molecule has 0 amide bonds. The summed E-state index contributed by atoms with van der Waals surface area (Å²) in [6, 6.07) is 23.2. The van der Waals surface area contributed by atoms with Crippen LogP contribution in [0.2, 0.25) is 0 Å². The molecular formula is C20H15NO2S. The summed E-state index contributed by atoms with van der Waals surface area (Å²) >= 11 is 1.68. The van der Waals surface area contributed by atoms with Gasteiger partial charge in [-0.05, 0) is 30.3 Å². The first kappa shape index (κ1) is 14.8. The summed E-state index contributed by atoms with van der Waals surface area (Å²) in [7, 11) is 0. The number of rotatable bonds is 4. The Morgan fingerprint density at radius 3 is 2.50 bits per heavy atom. The second-order valence-electron chi connectivity index (χ2n) is 5.46. The Bertz CT molecular complexity index is 893. The number of anilines is 1. The molecule has 0 spiro atoms. The number of nitrogens with one attached hydrogen (secondary N) is 1. The molecule has 0 unspecified atom stereocenters. The van der Waals surface area contributed by atoms with Gasteiger partial charge in [-0.3, -0.25) is 4.79 Å². The number of ether oxygens (including phenoxy) is 1. The van der Waals surface area contributed by atoms with Crippen LogP contribution >= 0.6 is 11.8 Å². The molecule has 118 valence electrons. The van der Waals surface area contributed by atoms with Gasteiger partial charge in [-0.2, -0.15) is 0 Å². The number of carbonyl (C=O) groups is 1. The summed E-state index contributed by atoms with van der Waals surface area (Å²) in [4.78, 5) is 14.3. The summed E-state index contributed by atoms with van der Waals surface area (Å²) in [6.45, 7) is 0.269. The van der Waals surface area contributed by atoms with Crippen molar-refractivity contribution in [3.63, 3.8) is 0 Å². The Balaban J connectivity index is 1.48. The molecule has 3 aromatic rings. The zero-order valence-electron chi connectivity index (χ0n) is 12.9. The van der Waals surface area contributed by atoms with E-state index in [0.717, 1.165) is 32.5 Å². The van der Waals surface area contributed by atoms with E-state index in [2.05, 4.69) is 5.32 Å². The van der Waals surface area contributed by atoms with Gasteiger partial charge in [0.15, 0.2) is 5.78 Å². The highest BCUT2D eigenvalue weighted by Gasteiger charge is 2.17. The van der Waals surface area contributed by atoms with Gasteiger partial charge in [-0.25, -0.2) is 0 Å². The van der Waals surface area contributed by atoms with Gasteiger partial charge in [0.2, 0.25) is 0 Å². The van der Waals surface area contributed by atoms with Gasteiger partial charge in [-0.1, -0.05) is 54.2 Å². The molecule has 1 N–H and O–H groups in total. The summed E-state index contributed by atoms with van der Waals surface area (Å²) in [5, 5.41) is 3.20. The number of Topliss-reactive ketones (excluding diaryl/α,β-unsaturated/α-hetero) is 1. The molecule has 1 heterocycles. The Morgan fingerprint density at radius 1 is 0.875 bits per heavy atom. The van der Waals surface area contributed by atoms with Crippen molar-refractivity contribution < 1.29 is 9.53 Å². The van der Waals surface area contributed by atoms with Crippen LogP contribution in [0.3, 0.4) is 0 Å². The number of hydrogen-bond acceptors (Lipinski definition) is 4. The van der Waals surface area contributed by atoms with Crippen molar-refractivity contribution in [2.75, 3.05) is 11.9 Å². The Labute approximate surface area is 144 Å². The fourth-order valence-corrected chi connectivity index (χ4v) is 3.54. The molecule has 0 aliphatic carbocycles. The van der Waals surface area contributed by atoms with Gasteiger partial charge in [0.1, 0.15) is 11.5 Å². The Hall–Kier alpha value is -2.72. The standard InChI is InChI=1S/C20H15NO2S/c22-16(14-6-2-1-3-7-14)13-21-15-10-11-18-20(12-15)24-19-9-5-4-8-17(19)23-18/h1-12,21H,13H2. The van der Waals surface area contributed by atoms with Crippen molar-refractivity contribution in [1.82, 2.24) is 0 Å². The molecule has 0 bridgehead atoms. The molecule has 0 atom stereocenters. The lowest BCUT2D eigenvalue weighted by Gasteiger charge is -2.20. The topological polar surface area (TPSA) is 38.3 Å². The average Bonchev–Trinajstić information content (AvgIpc) is 2.65. The molecular weight excluding hydrogens is 318 g/mol. The quantitative estimate of drug-likeness (QED) is 0.518. The van der Waals surface area contributed by atoms with E-state index in [0.29, 0.717) is 0 Å². The lowest BCUT2D eigenvalue weighted by Crippen LogP contribution is -2.13. The van der Waals surface area contributed by atoms with Crippen LogP contribution in [0, 0.1) is 0 Å². The van der Waals surface area contributed by atoms with Crippen molar-refractivity contribution in [3.05, 3.63) is 78.4 Å². The van der Waals surface area contributed by atoms with Crippen LogP contribution in [0.1, 0.15) is 10.4 Å². The highest BCUT2D eigenvalue weighted by atomic mass is 32.2. The minimum absolute atomic E-state index is 0.0718. The fraction of sp³-hybridized carbons (Fsp3) is 0.0500. The largest absolute Gasteiger partial charge is 0.455 e. The highest BCUT2D eigenvalue weighted by molar-refractivity contribution is 7.99. The molecule has 0 fully saturated rings. The minimum atomic E-state index is 0.0718. The number of hydrogen-bond donors (Lipinski definition) is 1. The van der Waals surface area contributed by atoms with E-state index in [-0.39, 0.29) is 12.3 Å². The SMILES string of the molecule is O=C(CNc1ccc2c(c1)Sc1ccccc1O2)c1ccccc1. The van der Waals surface area contributed by atoms with E-state index >= 15 is 0 Å². The highest BCUT2D eigenvalue weighted by Crippen LogP contribution is 2.47. The van der Waals surface area contributed by atoms with E-state index in [9.17, 15) is 4.79 Å². The van der Waals surface area contributed by atoms with Crippen molar-refractivity contribution >= 4 is 23.2 Å². The van der Waals surface area contributed by atoms with Crippen LogP contribution in [0.25, 0.3) is 0 Å². The Morgan fingerprint density at radius 2 is 1.62 bits per heavy atom. The number of ketones is 1. The lowest BCUT2D eigenvalue weighted by molar-refractivity contribution is 0.101. The van der Waals surface area contributed by atoms with Gasteiger partial charge in [0.25, 0.3) is 0 Å². The smallest absolute Gasteiger partial charge is 0.181 e. The van der Waals surface area contributed by atoms with Crippen LogP contribution in [-0.2, 0) is 0 Å². The van der Waals surface area contributed by atoms with Crippen molar-refractivity contribution in [3.8, 4) is 11.5 Å². The molecule has 0 saturated carbocycles. The third kappa shape index (κ3) is 3.01. The maximum atomic E-state index is 12.2. The van der Waals surface area contributed by atoms with Gasteiger partial charge < -0.3 is 10.1 Å². The molecule has 4 rings (SSSR count). The second-order valence-corrected chi connectivity index (χ2v) is 6.54.